The molecule has 3 heteroatoms. The zero-order valence-corrected chi connectivity index (χ0v) is 8.56. The standard InChI is InChI=1S/C11H16O3/c1-3-14-11-7-5-4-6-9(11)10(12)8-13-2/h4-7,10,12H,3,8H2,1-2H3. The Kier molecular flexibility index (Phi) is 4.43. The number of rotatable bonds is 5. The number of para-hydroxylation sites is 1. The molecule has 1 aromatic carbocycles. The molecule has 0 bridgehead atoms. The van der Waals surface area contributed by atoms with Crippen LogP contribution in [0.5, 0.6) is 5.75 Å². The van der Waals surface area contributed by atoms with E-state index in [-0.39, 0.29) is 6.61 Å². The van der Waals surface area contributed by atoms with Gasteiger partial charge in [0.25, 0.3) is 0 Å². The lowest BCUT2D eigenvalue weighted by Crippen LogP contribution is -2.07. The predicted molar refractivity (Wildman–Crippen MR) is 54.4 cm³/mol. The molecule has 1 atom stereocenters. The molecule has 0 aliphatic heterocycles. The average Bonchev–Trinajstić information content (AvgIpc) is 2.19. The summed E-state index contributed by atoms with van der Waals surface area (Å²) in [6.45, 7) is 2.79. The first-order valence-electron chi connectivity index (χ1n) is 4.68. The van der Waals surface area contributed by atoms with Crippen molar-refractivity contribution in [3.63, 3.8) is 0 Å². The molecular formula is C11H16O3. The average molecular weight is 196 g/mol. The monoisotopic (exact) mass is 196 g/mol. The van der Waals surface area contributed by atoms with Crippen LogP contribution in [0.3, 0.4) is 0 Å². The smallest absolute Gasteiger partial charge is 0.125 e. The van der Waals surface area contributed by atoms with Crippen molar-refractivity contribution in [1.29, 1.82) is 0 Å². The van der Waals surface area contributed by atoms with E-state index in [1.165, 1.54) is 0 Å². The van der Waals surface area contributed by atoms with Gasteiger partial charge in [-0.05, 0) is 13.0 Å². The first-order chi connectivity index (χ1) is 6.79. The van der Waals surface area contributed by atoms with Crippen LogP contribution in [0.4, 0.5) is 0 Å². The number of aliphatic hydroxyl groups excluding tert-OH is 1. The van der Waals surface area contributed by atoms with Gasteiger partial charge in [-0.2, -0.15) is 0 Å². The van der Waals surface area contributed by atoms with Crippen LogP contribution in [0.15, 0.2) is 24.3 Å². The summed E-state index contributed by atoms with van der Waals surface area (Å²) in [5.74, 6) is 0.722. The van der Waals surface area contributed by atoms with E-state index < -0.39 is 6.10 Å². The first kappa shape index (κ1) is 11.0. The van der Waals surface area contributed by atoms with E-state index in [4.69, 9.17) is 9.47 Å². The number of aliphatic hydroxyl groups is 1. The van der Waals surface area contributed by atoms with E-state index in [1.807, 2.05) is 31.2 Å². The van der Waals surface area contributed by atoms with Gasteiger partial charge >= 0.3 is 0 Å². The van der Waals surface area contributed by atoms with Crippen LogP contribution in [0.25, 0.3) is 0 Å². The van der Waals surface area contributed by atoms with Gasteiger partial charge in [-0.25, -0.2) is 0 Å². The van der Waals surface area contributed by atoms with E-state index in [0.717, 1.165) is 11.3 Å². The van der Waals surface area contributed by atoms with Crippen molar-refractivity contribution in [3.05, 3.63) is 29.8 Å². The molecular weight excluding hydrogens is 180 g/mol. The molecule has 1 aromatic rings. The fourth-order valence-electron chi connectivity index (χ4n) is 1.29. The maximum atomic E-state index is 9.72. The SMILES string of the molecule is CCOc1ccccc1C(O)COC. The molecule has 0 fully saturated rings. The number of hydrogen-bond donors (Lipinski definition) is 1. The van der Waals surface area contributed by atoms with Gasteiger partial charge in [0, 0.05) is 12.7 Å². The fraction of sp³-hybridized carbons (Fsp3) is 0.455. The van der Waals surface area contributed by atoms with Gasteiger partial charge in [0.15, 0.2) is 0 Å². The zero-order chi connectivity index (χ0) is 10.4. The molecule has 0 amide bonds. The molecule has 0 heterocycles. The molecule has 0 aromatic heterocycles. The van der Waals surface area contributed by atoms with Gasteiger partial charge in [-0.3, -0.25) is 0 Å². The Labute approximate surface area is 84.3 Å². The van der Waals surface area contributed by atoms with Crippen molar-refractivity contribution in [3.8, 4) is 5.75 Å². The summed E-state index contributed by atoms with van der Waals surface area (Å²) >= 11 is 0. The van der Waals surface area contributed by atoms with Gasteiger partial charge in [0.2, 0.25) is 0 Å². The van der Waals surface area contributed by atoms with Crippen LogP contribution < -0.4 is 4.74 Å². The minimum absolute atomic E-state index is 0.282. The highest BCUT2D eigenvalue weighted by atomic mass is 16.5. The summed E-state index contributed by atoms with van der Waals surface area (Å²) in [5.41, 5.74) is 0.774. The second kappa shape index (κ2) is 5.62. The highest BCUT2D eigenvalue weighted by Crippen LogP contribution is 2.24. The van der Waals surface area contributed by atoms with Crippen molar-refractivity contribution in [2.75, 3.05) is 20.3 Å². The van der Waals surface area contributed by atoms with E-state index >= 15 is 0 Å². The maximum absolute atomic E-state index is 9.72. The normalized spacial score (nSPS) is 12.5. The molecule has 1 unspecified atom stereocenters. The lowest BCUT2D eigenvalue weighted by Gasteiger charge is -2.14. The predicted octanol–water partition coefficient (Wildman–Crippen LogP) is 1.77. The Morgan fingerprint density at radius 1 is 1.36 bits per heavy atom. The lowest BCUT2D eigenvalue weighted by atomic mass is 10.1. The van der Waals surface area contributed by atoms with Crippen LogP contribution in [0.1, 0.15) is 18.6 Å². The van der Waals surface area contributed by atoms with Crippen LogP contribution in [0, 0.1) is 0 Å². The topological polar surface area (TPSA) is 38.7 Å². The van der Waals surface area contributed by atoms with Crippen molar-refractivity contribution in [1.82, 2.24) is 0 Å². The number of ether oxygens (including phenoxy) is 2. The number of hydrogen-bond acceptors (Lipinski definition) is 3. The molecule has 0 aliphatic rings. The summed E-state index contributed by atoms with van der Waals surface area (Å²) in [5, 5.41) is 9.72. The first-order valence-corrected chi connectivity index (χ1v) is 4.68. The van der Waals surface area contributed by atoms with Gasteiger partial charge in [0.05, 0.1) is 13.2 Å². The third kappa shape index (κ3) is 2.72. The van der Waals surface area contributed by atoms with Crippen LogP contribution >= 0.6 is 0 Å². The molecule has 78 valence electrons. The summed E-state index contributed by atoms with van der Waals surface area (Å²) in [7, 11) is 1.56. The quantitative estimate of drug-likeness (QED) is 0.780. The molecule has 3 nitrogen and oxygen atoms in total. The maximum Gasteiger partial charge on any atom is 0.125 e. The van der Waals surface area contributed by atoms with Crippen LogP contribution in [-0.4, -0.2) is 25.4 Å². The van der Waals surface area contributed by atoms with E-state index in [2.05, 4.69) is 0 Å². The van der Waals surface area contributed by atoms with Crippen molar-refractivity contribution in [2.24, 2.45) is 0 Å². The van der Waals surface area contributed by atoms with Gasteiger partial charge in [-0.1, -0.05) is 18.2 Å². The van der Waals surface area contributed by atoms with Gasteiger partial charge < -0.3 is 14.6 Å². The Hall–Kier alpha value is -1.06. The second-order valence-electron chi connectivity index (χ2n) is 2.94. The van der Waals surface area contributed by atoms with E-state index in [9.17, 15) is 5.11 Å². The summed E-state index contributed by atoms with van der Waals surface area (Å²) in [6, 6.07) is 7.44. The van der Waals surface area contributed by atoms with Gasteiger partial charge in [-0.15, -0.1) is 0 Å². The Morgan fingerprint density at radius 3 is 2.71 bits per heavy atom. The molecule has 0 radical (unpaired) electrons. The third-order valence-electron chi connectivity index (χ3n) is 1.90. The summed E-state index contributed by atoms with van der Waals surface area (Å²) in [4.78, 5) is 0. The molecule has 1 N–H and O–H groups in total. The highest BCUT2D eigenvalue weighted by molar-refractivity contribution is 5.35. The van der Waals surface area contributed by atoms with Crippen molar-refractivity contribution < 1.29 is 14.6 Å². The van der Waals surface area contributed by atoms with Crippen molar-refractivity contribution in [2.45, 2.75) is 13.0 Å². The zero-order valence-electron chi connectivity index (χ0n) is 8.56. The van der Waals surface area contributed by atoms with Gasteiger partial charge in [0.1, 0.15) is 11.9 Å². The summed E-state index contributed by atoms with van der Waals surface area (Å²) in [6.07, 6.45) is -0.622. The third-order valence-corrected chi connectivity index (χ3v) is 1.90. The van der Waals surface area contributed by atoms with Crippen LogP contribution in [0.2, 0.25) is 0 Å². The Balaban J connectivity index is 2.82. The second-order valence-corrected chi connectivity index (χ2v) is 2.94. The fourth-order valence-corrected chi connectivity index (χ4v) is 1.29. The highest BCUT2D eigenvalue weighted by Gasteiger charge is 2.11. The number of methoxy groups -OCH3 is 1. The van der Waals surface area contributed by atoms with Crippen LogP contribution in [-0.2, 0) is 4.74 Å². The number of benzene rings is 1. The molecule has 0 aliphatic carbocycles. The lowest BCUT2D eigenvalue weighted by molar-refractivity contribution is 0.0624. The Bertz CT molecular complexity index is 273. The van der Waals surface area contributed by atoms with E-state index in [0.29, 0.717) is 6.61 Å². The summed E-state index contributed by atoms with van der Waals surface area (Å²) < 4.78 is 10.3. The molecule has 0 spiro atoms. The largest absolute Gasteiger partial charge is 0.493 e. The van der Waals surface area contributed by atoms with E-state index in [1.54, 1.807) is 7.11 Å². The molecule has 1 rings (SSSR count). The molecule has 14 heavy (non-hydrogen) atoms. The molecule has 0 saturated carbocycles. The van der Waals surface area contributed by atoms with Crippen molar-refractivity contribution >= 4 is 0 Å². The minimum Gasteiger partial charge on any atom is -0.493 e. The molecule has 0 saturated heterocycles. The Morgan fingerprint density at radius 2 is 2.07 bits per heavy atom. The minimum atomic E-state index is -0.622.